The van der Waals surface area contributed by atoms with Gasteiger partial charge in [-0.25, -0.2) is 0 Å². The summed E-state index contributed by atoms with van der Waals surface area (Å²) >= 11 is 0. The van der Waals surface area contributed by atoms with Gasteiger partial charge in [0.15, 0.2) is 0 Å². The Kier molecular flexibility index (Phi) is 18.1. The number of hydrogen-bond acceptors (Lipinski definition) is 11. The van der Waals surface area contributed by atoms with E-state index in [1.165, 1.54) is 28.8 Å². The average molecular weight is 917 g/mol. The third kappa shape index (κ3) is 13.4. The van der Waals surface area contributed by atoms with Crippen molar-refractivity contribution in [3.8, 4) is 0 Å². The summed E-state index contributed by atoms with van der Waals surface area (Å²) in [5, 5.41) is 17.4. The first kappa shape index (κ1) is 52.9. The van der Waals surface area contributed by atoms with Crippen LogP contribution in [0.15, 0.2) is 42.6 Å². The zero-order chi connectivity index (χ0) is 49.3. The van der Waals surface area contributed by atoms with Crippen LogP contribution in [-0.4, -0.2) is 132 Å². The minimum atomic E-state index is -1.02. The van der Waals surface area contributed by atoms with Crippen molar-refractivity contribution in [1.82, 2.24) is 46.7 Å². The Morgan fingerprint density at radius 3 is 1.91 bits per heavy atom. The molecule has 2 saturated heterocycles. The molecule has 9 atom stereocenters. The Hall–Kier alpha value is -5.75. The van der Waals surface area contributed by atoms with E-state index in [0.717, 1.165) is 31.1 Å². The number of aldehydes is 1. The molecule has 1 aromatic heterocycles. The second kappa shape index (κ2) is 22.6. The molecule has 3 heterocycles. The zero-order valence-corrected chi connectivity index (χ0v) is 40.4. The monoisotopic (exact) mass is 917 g/mol. The topological polar surface area (TPSA) is 254 Å². The van der Waals surface area contributed by atoms with Crippen molar-refractivity contribution in [2.75, 3.05) is 27.2 Å². The van der Waals surface area contributed by atoms with E-state index >= 15 is 0 Å². The van der Waals surface area contributed by atoms with E-state index in [0.29, 0.717) is 0 Å². The molecule has 1 aromatic carbocycles. The van der Waals surface area contributed by atoms with Gasteiger partial charge in [-0.15, -0.1) is 0 Å². The third-order valence-corrected chi connectivity index (χ3v) is 13.0. The summed E-state index contributed by atoms with van der Waals surface area (Å²) < 4.78 is 0. The molecule has 2 aromatic rings. The van der Waals surface area contributed by atoms with Gasteiger partial charge in [-0.3, -0.25) is 38.5 Å². The predicted octanol–water partition coefficient (Wildman–Crippen LogP) is 1.77. The number of aryl methyl sites for hydroxylation is 1. The molecule has 2 fully saturated rings. The van der Waals surface area contributed by atoms with Gasteiger partial charge in [0, 0.05) is 37.3 Å². The minimum absolute atomic E-state index is 0.00247. The highest BCUT2D eigenvalue weighted by Gasteiger charge is 2.46. The Morgan fingerprint density at radius 2 is 1.38 bits per heavy atom. The lowest BCUT2D eigenvalue weighted by Crippen LogP contribution is -2.59. The van der Waals surface area contributed by atoms with Gasteiger partial charge in [-0.05, 0) is 94.1 Å². The number of nitrogens with one attached hydrogen (secondary N) is 6. The zero-order valence-electron chi connectivity index (χ0n) is 40.4. The molecule has 2 aliphatic heterocycles. The van der Waals surface area contributed by atoms with Crippen LogP contribution in [0.1, 0.15) is 126 Å². The number of fused-ring (bicyclic) bond motifs is 1. The van der Waals surface area contributed by atoms with E-state index < -0.39 is 65.3 Å². The highest BCUT2D eigenvalue weighted by atomic mass is 16.2. The van der Waals surface area contributed by atoms with E-state index in [4.69, 9.17) is 5.73 Å². The number of nitrogens with zero attached hydrogens (tertiary/aromatic N) is 3. The molecule has 3 aliphatic rings. The molecular weight excluding hydrogens is 845 g/mol. The maximum Gasteiger partial charge on any atom is 0.270 e. The van der Waals surface area contributed by atoms with Gasteiger partial charge < -0.3 is 52.2 Å². The number of pyridine rings is 1. The molecule has 18 nitrogen and oxygen atoms in total. The number of aromatic nitrogens is 1. The van der Waals surface area contributed by atoms with Gasteiger partial charge in [-0.1, -0.05) is 72.7 Å². The van der Waals surface area contributed by atoms with Crippen LogP contribution in [-0.2, 0) is 35.2 Å². The van der Waals surface area contributed by atoms with Gasteiger partial charge in [0.05, 0.1) is 23.7 Å². The summed E-state index contributed by atoms with van der Waals surface area (Å²) in [5.74, 6) is -3.46. The Bertz CT molecular complexity index is 2080. The molecule has 8 N–H and O–H groups in total. The van der Waals surface area contributed by atoms with E-state index in [2.05, 4.69) is 43.0 Å². The molecule has 0 bridgehead atoms. The Balaban J connectivity index is 0.00000148. The number of amides is 7. The van der Waals surface area contributed by atoms with Crippen LogP contribution in [0.2, 0.25) is 0 Å². The quantitative estimate of drug-likeness (QED) is 0.135. The second-order valence-corrected chi connectivity index (χ2v) is 19.9. The van der Waals surface area contributed by atoms with Crippen molar-refractivity contribution < 1.29 is 38.4 Å². The fourth-order valence-corrected chi connectivity index (χ4v) is 8.15. The Labute approximate surface area is 389 Å². The average Bonchev–Trinajstić information content (AvgIpc) is 3.91. The molecule has 66 heavy (non-hydrogen) atoms. The van der Waals surface area contributed by atoms with Crippen LogP contribution < -0.4 is 37.6 Å². The summed E-state index contributed by atoms with van der Waals surface area (Å²) in [6, 6.07) is 6.28. The third-order valence-electron chi connectivity index (χ3n) is 13.0. The highest BCUT2D eigenvalue weighted by molar-refractivity contribution is 5.97. The number of nitrogens with two attached hydrogens (primary N) is 1. The lowest BCUT2D eigenvalue weighted by Gasteiger charge is -2.35. The number of benzene rings is 1. The number of likely N-dealkylation sites (N-methyl/N-ethyl adjacent to an activating group) is 2. The first-order valence-electron chi connectivity index (χ1n) is 22.9. The van der Waals surface area contributed by atoms with E-state index in [-0.39, 0.29) is 78.3 Å². The van der Waals surface area contributed by atoms with Crippen molar-refractivity contribution in [3.05, 3.63) is 65.0 Å². The van der Waals surface area contributed by atoms with Crippen LogP contribution in [0, 0.1) is 16.7 Å². The number of carbonyl (C=O) groups is 8. The number of likely N-dealkylation sites (tertiary alicyclic amines) is 2. The summed E-state index contributed by atoms with van der Waals surface area (Å²) in [4.78, 5) is 111. The number of carbonyl (C=O) groups excluding carboxylic acids is 8. The van der Waals surface area contributed by atoms with Crippen molar-refractivity contribution in [2.45, 2.75) is 143 Å². The van der Waals surface area contributed by atoms with Gasteiger partial charge >= 0.3 is 0 Å². The largest absolute Gasteiger partial charge is 0.368 e. The number of hydrogen-bond donors (Lipinski definition) is 7. The molecule has 7 amide bonds. The fraction of sp³-hybridized carbons (Fsp3) is 0.604. The van der Waals surface area contributed by atoms with Gasteiger partial charge in [-0.2, -0.15) is 0 Å². The van der Waals surface area contributed by atoms with Crippen LogP contribution >= 0.6 is 0 Å². The summed E-state index contributed by atoms with van der Waals surface area (Å²) in [6.45, 7) is 16.8. The normalized spacial score (nSPS) is 22.3. The molecule has 2 unspecified atom stereocenters. The predicted molar refractivity (Wildman–Crippen MR) is 250 cm³/mol. The molecular formula is C48H72N10O8. The lowest BCUT2D eigenvalue weighted by molar-refractivity contribution is -0.144. The maximum atomic E-state index is 14.0. The fourth-order valence-electron chi connectivity index (χ4n) is 8.15. The summed E-state index contributed by atoms with van der Waals surface area (Å²) in [6.07, 6.45) is 5.11. The second-order valence-electron chi connectivity index (χ2n) is 19.9. The maximum absolute atomic E-state index is 14.0. The summed E-state index contributed by atoms with van der Waals surface area (Å²) in [5.41, 5.74) is 7.13. The highest BCUT2D eigenvalue weighted by Crippen LogP contribution is 2.33. The first-order valence-corrected chi connectivity index (χ1v) is 22.9. The molecule has 1 aliphatic carbocycles. The molecule has 18 heteroatoms. The molecule has 0 spiro atoms. The first-order chi connectivity index (χ1) is 30.9. The smallest absolute Gasteiger partial charge is 0.270 e. The molecule has 0 saturated carbocycles. The van der Waals surface area contributed by atoms with E-state index in [1.807, 2.05) is 45.9 Å². The standard InChI is InChI=1S/C44H63N9O7.C4H9NO/c1-24(43(3,4)5)41(59)53-23-29(20-34(53)40(58)50-31-16-12-14-26-13-10-11-15-30(26)31)48-38(56)27-17-18-32(47-21-27)39(57)49-28-19-33(36(45)54)52(22-28)42(60)35(44(6,7)8)51-37(55)25(2)46-9;1-4(3-6)5-2/h10-11,13,15,17-18,21,24-25,28-29,31,33-35,46H,12,14,16,19-20,22-23H2,1-9H3,(H2,45,54)(H,48,56)(H,49,57)(H,50,58)(H,51,55);3-5H,1-2H3/t24?,25-,28-,29-,31?,33-,34-,35+;4-/m00/s1. The van der Waals surface area contributed by atoms with Gasteiger partial charge in [0.1, 0.15) is 30.1 Å². The van der Waals surface area contributed by atoms with Gasteiger partial charge in [0.2, 0.25) is 29.5 Å². The Morgan fingerprint density at radius 1 is 0.773 bits per heavy atom. The van der Waals surface area contributed by atoms with E-state index in [1.54, 1.807) is 53.6 Å². The van der Waals surface area contributed by atoms with Crippen LogP contribution in [0.4, 0.5) is 0 Å². The van der Waals surface area contributed by atoms with Crippen LogP contribution in [0.25, 0.3) is 0 Å². The van der Waals surface area contributed by atoms with E-state index in [9.17, 15) is 38.4 Å². The molecule has 0 radical (unpaired) electrons. The van der Waals surface area contributed by atoms with Crippen LogP contribution in [0.5, 0.6) is 0 Å². The van der Waals surface area contributed by atoms with Crippen molar-refractivity contribution in [3.63, 3.8) is 0 Å². The number of primary amides is 1. The minimum Gasteiger partial charge on any atom is -0.368 e. The van der Waals surface area contributed by atoms with Crippen molar-refractivity contribution in [2.24, 2.45) is 22.5 Å². The van der Waals surface area contributed by atoms with Crippen LogP contribution in [0.3, 0.4) is 0 Å². The molecule has 362 valence electrons. The SMILES string of the molecule is CN[C@@H](C)C(=O)N[C@H](C(=O)N1C[C@@H](NC(=O)c2ccc(C(=O)N[C@H]3C[C@@H](C(=O)NC4CCCc5ccccc54)N(C(=O)C(C)C(C)(C)C)C3)cn2)C[C@H]1C(N)=O)C(C)(C)C.CN[C@@H](C)C=O. The number of rotatable bonds is 14. The lowest BCUT2D eigenvalue weighted by atomic mass is 9.81. The van der Waals surface area contributed by atoms with Crippen molar-refractivity contribution >= 4 is 47.6 Å². The summed E-state index contributed by atoms with van der Waals surface area (Å²) in [7, 11) is 3.38. The van der Waals surface area contributed by atoms with Crippen molar-refractivity contribution in [1.29, 1.82) is 0 Å². The molecule has 5 rings (SSSR count). The van der Waals surface area contributed by atoms with Gasteiger partial charge in [0.25, 0.3) is 11.8 Å².